The van der Waals surface area contributed by atoms with Gasteiger partial charge in [0.2, 0.25) is 0 Å². The van der Waals surface area contributed by atoms with Gasteiger partial charge in [0, 0.05) is 0 Å². The van der Waals surface area contributed by atoms with E-state index in [4.69, 9.17) is 51.1 Å². The standard InChI is InChI=1S/C14H5Cl4F3O2/c15-8-5-9(16)12(11(18)10(8)17)23-13(22)6-3-1-2-4-7(6)14(19,20)21/h1-5H. The molecule has 2 nitrogen and oxygen atoms in total. The quantitative estimate of drug-likeness (QED) is 0.246. The number of carbonyl (C=O) groups excluding carboxylic acids is 1. The smallest absolute Gasteiger partial charge is 0.417 e. The van der Waals surface area contributed by atoms with E-state index in [0.29, 0.717) is 0 Å². The molecule has 2 aromatic carbocycles. The van der Waals surface area contributed by atoms with Crippen LogP contribution in [0, 0.1) is 0 Å². The normalized spacial score (nSPS) is 11.4. The summed E-state index contributed by atoms with van der Waals surface area (Å²) in [5.41, 5.74) is -1.82. The monoisotopic (exact) mass is 402 g/mol. The maximum absolute atomic E-state index is 12.9. The number of ether oxygens (including phenoxy) is 1. The highest BCUT2D eigenvalue weighted by Crippen LogP contribution is 2.43. The molecular weight excluding hydrogens is 399 g/mol. The van der Waals surface area contributed by atoms with Crippen molar-refractivity contribution in [1.29, 1.82) is 0 Å². The molecule has 0 radical (unpaired) electrons. The summed E-state index contributed by atoms with van der Waals surface area (Å²) in [6, 6.07) is 5.32. The van der Waals surface area contributed by atoms with E-state index in [0.717, 1.165) is 24.3 Å². The molecule has 0 aromatic heterocycles. The summed E-state index contributed by atoms with van der Waals surface area (Å²) in [5, 5.41) is -0.564. The molecule has 0 fully saturated rings. The summed E-state index contributed by atoms with van der Waals surface area (Å²) >= 11 is 23.2. The number of alkyl halides is 3. The first-order valence-electron chi connectivity index (χ1n) is 5.84. The molecule has 0 saturated carbocycles. The van der Waals surface area contributed by atoms with Crippen LogP contribution >= 0.6 is 46.4 Å². The molecule has 0 amide bonds. The van der Waals surface area contributed by atoms with Gasteiger partial charge in [0.1, 0.15) is 5.02 Å². The lowest BCUT2D eigenvalue weighted by molar-refractivity contribution is -0.138. The van der Waals surface area contributed by atoms with Gasteiger partial charge in [-0.15, -0.1) is 0 Å². The predicted octanol–water partition coefficient (Wildman–Crippen LogP) is 6.54. The Morgan fingerprint density at radius 1 is 0.957 bits per heavy atom. The average molecular weight is 404 g/mol. The molecule has 0 unspecified atom stereocenters. The summed E-state index contributed by atoms with van der Waals surface area (Å²) in [4.78, 5) is 12.1. The van der Waals surface area contributed by atoms with Crippen LogP contribution in [0.3, 0.4) is 0 Å². The summed E-state index contributed by atoms with van der Waals surface area (Å²) in [6.07, 6.45) is -4.72. The molecule has 23 heavy (non-hydrogen) atoms. The minimum Gasteiger partial charge on any atom is -0.420 e. The first-order valence-corrected chi connectivity index (χ1v) is 7.35. The molecule has 122 valence electrons. The molecule has 0 heterocycles. The minimum absolute atomic E-state index is 0.0113. The number of carbonyl (C=O) groups is 1. The fourth-order valence-electron chi connectivity index (χ4n) is 1.70. The zero-order chi connectivity index (χ0) is 17.4. The summed E-state index contributed by atoms with van der Waals surface area (Å²) in [7, 11) is 0. The fraction of sp³-hybridized carbons (Fsp3) is 0.0714. The molecule has 0 aliphatic carbocycles. The summed E-state index contributed by atoms with van der Waals surface area (Å²) in [5.74, 6) is -1.65. The Hall–Kier alpha value is -1.14. The van der Waals surface area contributed by atoms with Gasteiger partial charge in [-0.3, -0.25) is 0 Å². The van der Waals surface area contributed by atoms with Crippen LogP contribution in [0.4, 0.5) is 13.2 Å². The van der Waals surface area contributed by atoms with E-state index in [1.807, 2.05) is 0 Å². The Bertz CT molecular complexity index is 775. The van der Waals surface area contributed by atoms with E-state index in [9.17, 15) is 18.0 Å². The van der Waals surface area contributed by atoms with Crippen molar-refractivity contribution in [3.8, 4) is 5.75 Å². The number of halogens is 7. The van der Waals surface area contributed by atoms with Gasteiger partial charge in [-0.25, -0.2) is 4.79 Å². The molecule has 2 aromatic rings. The van der Waals surface area contributed by atoms with Crippen molar-refractivity contribution in [2.45, 2.75) is 6.18 Å². The van der Waals surface area contributed by atoms with Gasteiger partial charge in [-0.2, -0.15) is 13.2 Å². The van der Waals surface area contributed by atoms with Crippen molar-refractivity contribution in [2.24, 2.45) is 0 Å². The topological polar surface area (TPSA) is 26.3 Å². The molecule has 0 atom stereocenters. The maximum atomic E-state index is 12.9. The lowest BCUT2D eigenvalue weighted by atomic mass is 10.1. The molecule has 0 N–H and O–H groups in total. The Morgan fingerprint density at radius 3 is 2.17 bits per heavy atom. The van der Waals surface area contributed by atoms with Crippen LogP contribution in [-0.4, -0.2) is 5.97 Å². The Labute approximate surface area is 148 Å². The Balaban J connectivity index is 2.44. The first-order chi connectivity index (χ1) is 10.6. The van der Waals surface area contributed by atoms with Crippen molar-refractivity contribution in [3.63, 3.8) is 0 Å². The minimum atomic E-state index is -4.72. The van der Waals surface area contributed by atoms with E-state index >= 15 is 0 Å². The molecule has 0 aliphatic rings. The van der Waals surface area contributed by atoms with Crippen LogP contribution in [0.15, 0.2) is 30.3 Å². The third-order valence-electron chi connectivity index (χ3n) is 2.72. The zero-order valence-corrected chi connectivity index (χ0v) is 13.9. The summed E-state index contributed by atoms with van der Waals surface area (Å²) < 4.78 is 43.7. The van der Waals surface area contributed by atoms with E-state index in [-0.39, 0.29) is 25.8 Å². The molecule has 0 spiro atoms. The van der Waals surface area contributed by atoms with Crippen LogP contribution in [-0.2, 0) is 6.18 Å². The van der Waals surface area contributed by atoms with Crippen LogP contribution in [0.2, 0.25) is 20.1 Å². The Kier molecular flexibility index (Phi) is 5.36. The molecule has 0 aliphatic heterocycles. The second-order valence-electron chi connectivity index (χ2n) is 4.23. The second kappa shape index (κ2) is 6.77. The largest absolute Gasteiger partial charge is 0.420 e. The maximum Gasteiger partial charge on any atom is 0.417 e. The third kappa shape index (κ3) is 3.86. The fourth-order valence-corrected chi connectivity index (χ4v) is 2.68. The number of hydrogen-bond donors (Lipinski definition) is 0. The van der Waals surface area contributed by atoms with Crippen LogP contribution in [0.25, 0.3) is 0 Å². The molecular formula is C14H5Cl4F3O2. The van der Waals surface area contributed by atoms with Crippen molar-refractivity contribution in [3.05, 3.63) is 61.5 Å². The van der Waals surface area contributed by atoms with Crippen molar-refractivity contribution in [1.82, 2.24) is 0 Å². The van der Waals surface area contributed by atoms with E-state index in [2.05, 4.69) is 0 Å². The van der Waals surface area contributed by atoms with Crippen LogP contribution < -0.4 is 4.74 Å². The van der Waals surface area contributed by atoms with E-state index < -0.39 is 23.3 Å². The molecule has 0 bridgehead atoms. The second-order valence-corrected chi connectivity index (χ2v) is 5.80. The number of esters is 1. The highest BCUT2D eigenvalue weighted by Gasteiger charge is 2.35. The molecule has 9 heteroatoms. The predicted molar refractivity (Wildman–Crippen MR) is 82.9 cm³/mol. The lowest BCUT2D eigenvalue weighted by Crippen LogP contribution is -2.17. The highest BCUT2D eigenvalue weighted by atomic mass is 35.5. The van der Waals surface area contributed by atoms with Crippen LogP contribution in [0.1, 0.15) is 15.9 Å². The zero-order valence-electron chi connectivity index (χ0n) is 10.8. The van der Waals surface area contributed by atoms with Gasteiger partial charge in [0.15, 0.2) is 5.75 Å². The van der Waals surface area contributed by atoms with Crippen LogP contribution in [0.5, 0.6) is 5.75 Å². The number of benzene rings is 2. The SMILES string of the molecule is O=C(Oc1c(Cl)cc(Cl)c(Cl)c1Cl)c1ccccc1C(F)(F)F. The number of hydrogen-bond acceptors (Lipinski definition) is 2. The highest BCUT2D eigenvalue weighted by molar-refractivity contribution is 6.50. The van der Waals surface area contributed by atoms with Gasteiger partial charge in [0.05, 0.1) is 26.2 Å². The van der Waals surface area contributed by atoms with Gasteiger partial charge >= 0.3 is 12.1 Å². The van der Waals surface area contributed by atoms with Gasteiger partial charge in [0.25, 0.3) is 0 Å². The van der Waals surface area contributed by atoms with Gasteiger partial charge < -0.3 is 4.74 Å². The average Bonchev–Trinajstić information content (AvgIpc) is 2.48. The van der Waals surface area contributed by atoms with E-state index in [1.54, 1.807) is 0 Å². The number of rotatable bonds is 2. The van der Waals surface area contributed by atoms with E-state index in [1.165, 1.54) is 6.07 Å². The van der Waals surface area contributed by atoms with Gasteiger partial charge in [-0.05, 0) is 18.2 Å². The molecule has 2 rings (SSSR count). The van der Waals surface area contributed by atoms with Crippen molar-refractivity contribution < 1.29 is 22.7 Å². The molecule has 0 saturated heterocycles. The lowest BCUT2D eigenvalue weighted by Gasteiger charge is -2.14. The summed E-state index contributed by atoms with van der Waals surface area (Å²) in [6.45, 7) is 0. The Morgan fingerprint density at radius 2 is 1.57 bits per heavy atom. The van der Waals surface area contributed by atoms with Crippen molar-refractivity contribution >= 4 is 52.4 Å². The van der Waals surface area contributed by atoms with Gasteiger partial charge in [-0.1, -0.05) is 58.5 Å². The van der Waals surface area contributed by atoms with Crippen molar-refractivity contribution in [2.75, 3.05) is 0 Å². The third-order valence-corrected chi connectivity index (χ3v) is 4.24. The first kappa shape index (κ1) is 18.2.